The number of likely N-dealkylation sites (N-methyl/N-ethyl adjacent to an activating group) is 1. The number of hydrogen-bond acceptors (Lipinski definition) is 3. The van der Waals surface area contributed by atoms with Gasteiger partial charge >= 0.3 is 0 Å². The van der Waals surface area contributed by atoms with E-state index in [2.05, 4.69) is 10.6 Å². The van der Waals surface area contributed by atoms with E-state index < -0.39 is 0 Å². The number of ether oxygens (including phenoxy) is 1. The highest BCUT2D eigenvalue weighted by Gasteiger charge is 2.10. The molecule has 1 aromatic carbocycles. The van der Waals surface area contributed by atoms with Crippen molar-refractivity contribution in [1.29, 1.82) is 0 Å². The summed E-state index contributed by atoms with van der Waals surface area (Å²) in [6.07, 6.45) is 0. The van der Waals surface area contributed by atoms with Gasteiger partial charge in [-0.3, -0.25) is 4.79 Å². The standard InChI is InChI=1S/C13H20N2O2/c1-10(13(16)14-2)15-8-11-6-4-5-7-12(11)9-17-3/h4-7,10,15H,8-9H2,1-3H3,(H,14,16). The van der Waals surface area contributed by atoms with Crippen LogP contribution in [0, 0.1) is 0 Å². The SMILES string of the molecule is CNC(=O)C(C)NCc1ccccc1COC. The predicted octanol–water partition coefficient (Wildman–Crippen LogP) is 1.06. The maximum absolute atomic E-state index is 11.3. The molecule has 2 N–H and O–H groups in total. The molecule has 0 bridgehead atoms. The van der Waals surface area contributed by atoms with Crippen molar-refractivity contribution in [2.45, 2.75) is 26.1 Å². The molecule has 1 aromatic rings. The Kier molecular flexibility index (Phi) is 5.66. The third-order valence-corrected chi connectivity index (χ3v) is 2.66. The first-order chi connectivity index (χ1) is 8.19. The minimum atomic E-state index is -0.199. The van der Waals surface area contributed by atoms with Crippen molar-refractivity contribution in [3.05, 3.63) is 35.4 Å². The Morgan fingerprint density at radius 2 is 2.00 bits per heavy atom. The van der Waals surface area contributed by atoms with Crippen LogP contribution in [-0.4, -0.2) is 26.1 Å². The first-order valence-corrected chi connectivity index (χ1v) is 5.69. The number of benzene rings is 1. The van der Waals surface area contributed by atoms with Crippen molar-refractivity contribution < 1.29 is 9.53 Å². The fraction of sp³-hybridized carbons (Fsp3) is 0.462. The molecular weight excluding hydrogens is 216 g/mol. The zero-order valence-corrected chi connectivity index (χ0v) is 10.6. The van der Waals surface area contributed by atoms with E-state index in [1.807, 2.05) is 31.2 Å². The highest BCUT2D eigenvalue weighted by molar-refractivity contribution is 5.80. The van der Waals surface area contributed by atoms with Gasteiger partial charge in [0.05, 0.1) is 12.6 Å². The van der Waals surface area contributed by atoms with Crippen molar-refractivity contribution in [1.82, 2.24) is 10.6 Å². The largest absolute Gasteiger partial charge is 0.380 e. The van der Waals surface area contributed by atoms with Gasteiger partial charge in [-0.2, -0.15) is 0 Å². The van der Waals surface area contributed by atoms with Crippen LogP contribution in [0.2, 0.25) is 0 Å². The summed E-state index contributed by atoms with van der Waals surface area (Å²) in [5.74, 6) is -0.00535. The second-order valence-corrected chi connectivity index (χ2v) is 3.92. The fourth-order valence-corrected chi connectivity index (χ4v) is 1.60. The third-order valence-electron chi connectivity index (χ3n) is 2.66. The molecule has 0 heterocycles. The maximum atomic E-state index is 11.3. The smallest absolute Gasteiger partial charge is 0.236 e. The van der Waals surface area contributed by atoms with Crippen LogP contribution in [0.1, 0.15) is 18.1 Å². The van der Waals surface area contributed by atoms with Crippen LogP contribution in [0.3, 0.4) is 0 Å². The van der Waals surface area contributed by atoms with Gasteiger partial charge in [0.2, 0.25) is 5.91 Å². The molecule has 0 saturated heterocycles. The number of methoxy groups -OCH3 is 1. The first kappa shape index (κ1) is 13.7. The first-order valence-electron chi connectivity index (χ1n) is 5.69. The molecule has 1 unspecified atom stereocenters. The summed E-state index contributed by atoms with van der Waals surface area (Å²) < 4.78 is 5.14. The van der Waals surface area contributed by atoms with Crippen molar-refractivity contribution in [2.24, 2.45) is 0 Å². The lowest BCUT2D eigenvalue weighted by Gasteiger charge is -2.14. The normalized spacial score (nSPS) is 12.2. The Morgan fingerprint density at radius 3 is 2.59 bits per heavy atom. The molecule has 1 rings (SSSR count). The van der Waals surface area contributed by atoms with E-state index in [9.17, 15) is 4.79 Å². The van der Waals surface area contributed by atoms with Gasteiger partial charge in [0.15, 0.2) is 0 Å². The number of carbonyl (C=O) groups excluding carboxylic acids is 1. The minimum Gasteiger partial charge on any atom is -0.380 e. The van der Waals surface area contributed by atoms with Crippen molar-refractivity contribution in [3.8, 4) is 0 Å². The van der Waals surface area contributed by atoms with E-state index in [1.165, 1.54) is 0 Å². The van der Waals surface area contributed by atoms with E-state index in [-0.39, 0.29) is 11.9 Å². The Morgan fingerprint density at radius 1 is 1.35 bits per heavy atom. The molecular formula is C13H20N2O2. The van der Waals surface area contributed by atoms with E-state index in [0.29, 0.717) is 13.2 Å². The van der Waals surface area contributed by atoms with Crippen LogP contribution >= 0.6 is 0 Å². The Balaban J connectivity index is 2.59. The van der Waals surface area contributed by atoms with Gasteiger partial charge in [0.25, 0.3) is 0 Å². The van der Waals surface area contributed by atoms with E-state index in [4.69, 9.17) is 4.74 Å². The molecule has 0 saturated carbocycles. The average molecular weight is 236 g/mol. The van der Waals surface area contributed by atoms with Crippen molar-refractivity contribution in [3.63, 3.8) is 0 Å². The number of hydrogen-bond donors (Lipinski definition) is 2. The van der Waals surface area contributed by atoms with Gasteiger partial charge in [0, 0.05) is 20.7 Å². The quantitative estimate of drug-likeness (QED) is 0.776. The van der Waals surface area contributed by atoms with Crippen LogP contribution in [0.25, 0.3) is 0 Å². The fourth-order valence-electron chi connectivity index (χ4n) is 1.60. The Bertz CT molecular complexity index is 366. The molecule has 4 nitrogen and oxygen atoms in total. The summed E-state index contributed by atoms with van der Waals surface area (Å²) >= 11 is 0. The maximum Gasteiger partial charge on any atom is 0.236 e. The summed E-state index contributed by atoms with van der Waals surface area (Å²) in [6, 6.07) is 7.85. The second kappa shape index (κ2) is 7.04. The monoisotopic (exact) mass is 236 g/mol. The summed E-state index contributed by atoms with van der Waals surface area (Å²) in [7, 11) is 3.32. The van der Waals surface area contributed by atoms with Gasteiger partial charge in [0.1, 0.15) is 0 Å². The Labute approximate surface area is 102 Å². The number of nitrogens with one attached hydrogen (secondary N) is 2. The average Bonchev–Trinajstić information content (AvgIpc) is 2.36. The molecule has 0 aliphatic heterocycles. The van der Waals surface area contributed by atoms with Gasteiger partial charge in [-0.05, 0) is 18.1 Å². The molecule has 1 amide bonds. The lowest BCUT2D eigenvalue weighted by atomic mass is 10.1. The summed E-state index contributed by atoms with van der Waals surface area (Å²) in [6.45, 7) is 3.10. The van der Waals surface area contributed by atoms with E-state index >= 15 is 0 Å². The number of carbonyl (C=O) groups is 1. The molecule has 0 aliphatic carbocycles. The lowest BCUT2D eigenvalue weighted by molar-refractivity contribution is -0.122. The zero-order valence-electron chi connectivity index (χ0n) is 10.6. The predicted molar refractivity (Wildman–Crippen MR) is 67.5 cm³/mol. The molecule has 0 spiro atoms. The van der Waals surface area contributed by atoms with Gasteiger partial charge in [-0.1, -0.05) is 24.3 Å². The topological polar surface area (TPSA) is 50.4 Å². The molecule has 0 radical (unpaired) electrons. The second-order valence-electron chi connectivity index (χ2n) is 3.92. The van der Waals surface area contributed by atoms with Gasteiger partial charge in [-0.25, -0.2) is 0 Å². The minimum absolute atomic E-state index is 0.00535. The summed E-state index contributed by atoms with van der Waals surface area (Å²) in [4.78, 5) is 11.3. The summed E-state index contributed by atoms with van der Waals surface area (Å²) in [5.41, 5.74) is 2.30. The molecule has 94 valence electrons. The Hall–Kier alpha value is -1.39. The molecule has 17 heavy (non-hydrogen) atoms. The van der Waals surface area contributed by atoms with E-state index in [1.54, 1.807) is 14.2 Å². The van der Waals surface area contributed by atoms with Crippen LogP contribution in [0.5, 0.6) is 0 Å². The number of rotatable bonds is 6. The van der Waals surface area contributed by atoms with E-state index in [0.717, 1.165) is 11.1 Å². The molecule has 0 fully saturated rings. The third kappa shape index (κ3) is 4.17. The highest BCUT2D eigenvalue weighted by Crippen LogP contribution is 2.09. The molecule has 4 heteroatoms. The van der Waals surface area contributed by atoms with Crippen LogP contribution in [-0.2, 0) is 22.7 Å². The molecule has 1 atom stereocenters. The van der Waals surface area contributed by atoms with Crippen molar-refractivity contribution >= 4 is 5.91 Å². The van der Waals surface area contributed by atoms with Crippen LogP contribution < -0.4 is 10.6 Å². The van der Waals surface area contributed by atoms with Crippen LogP contribution in [0.15, 0.2) is 24.3 Å². The molecule has 0 aliphatic rings. The zero-order chi connectivity index (χ0) is 12.7. The van der Waals surface area contributed by atoms with Gasteiger partial charge in [-0.15, -0.1) is 0 Å². The number of amides is 1. The molecule has 0 aromatic heterocycles. The highest BCUT2D eigenvalue weighted by atomic mass is 16.5. The van der Waals surface area contributed by atoms with Crippen molar-refractivity contribution in [2.75, 3.05) is 14.2 Å². The van der Waals surface area contributed by atoms with Crippen LogP contribution in [0.4, 0.5) is 0 Å². The lowest BCUT2D eigenvalue weighted by Crippen LogP contribution is -2.40. The summed E-state index contributed by atoms with van der Waals surface area (Å²) in [5, 5.41) is 5.80. The van der Waals surface area contributed by atoms with Gasteiger partial charge < -0.3 is 15.4 Å².